The lowest BCUT2D eigenvalue weighted by atomic mass is 10.0. The number of fused-ring (bicyclic) bond motifs is 1. The molecule has 0 radical (unpaired) electrons. The fraction of sp³-hybridized carbons (Fsp3) is 0.300. The van der Waals surface area contributed by atoms with Crippen LogP contribution in [-0.4, -0.2) is 47.2 Å². The van der Waals surface area contributed by atoms with Crippen molar-refractivity contribution in [2.75, 3.05) is 11.6 Å². The first-order valence-corrected chi connectivity index (χ1v) is 11.0. The molecule has 3 N–H and O–H groups in total. The fourth-order valence-electron chi connectivity index (χ4n) is 3.63. The highest BCUT2D eigenvalue weighted by Gasteiger charge is 2.24. The van der Waals surface area contributed by atoms with Gasteiger partial charge in [-0.3, -0.25) is 0 Å². The zero-order valence-corrected chi connectivity index (χ0v) is 16.1. The summed E-state index contributed by atoms with van der Waals surface area (Å²) < 4.78 is 23.4. The second-order valence-electron chi connectivity index (χ2n) is 7.20. The molecular formula is C20H21N3O4S. The van der Waals surface area contributed by atoms with Crippen molar-refractivity contribution in [3.05, 3.63) is 42.5 Å². The SMILES string of the molecule is CS(=O)(=O)c1ccc(-c2nnc(N[C@@H]3CC[C@H](O)C3)c3ccccc23)c(O)c1. The van der Waals surface area contributed by atoms with Gasteiger partial charge in [-0.2, -0.15) is 0 Å². The van der Waals surface area contributed by atoms with E-state index in [-0.39, 0.29) is 22.8 Å². The van der Waals surface area contributed by atoms with Gasteiger partial charge in [-0.25, -0.2) is 8.42 Å². The Morgan fingerprint density at radius 1 is 1.07 bits per heavy atom. The molecule has 0 saturated heterocycles. The monoisotopic (exact) mass is 399 g/mol. The van der Waals surface area contributed by atoms with Crippen LogP contribution in [0.5, 0.6) is 5.75 Å². The molecule has 1 heterocycles. The summed E-state index contributed by atoms with van der Waals surface area (Å²) in [6.45, 7) is 0. The lowest BCUT2D eigenvalue weighted by molar-refractivity contribution is 0.182. The molecule has 0 amide bonds. The number of aliphatic hydroxyl groups excluding tert-OH is 1. The maximum absolute atomic E-state index is 11.7. The number of aromatic nitrogens is 2. The quantitative estimate of drug-likeness (QED) is 0.618. The minimum absolute atomic E-state index is 0.0455. The van der Waals surface area contributed by atoms with E-state index in [4.69, 9.17) is 0 Å². The van der Waals surface area contributed by atoms with E-state index in [0.29, 0.717) is 23.5 Å². The molecule has 4 rings (SSSR count). The van der Waals surface area contributed by atoms with Crippen molar-refractivity contribution in [3.8, 4) is 17.0 Å². The van der Waals surface area contributed by atoms with E-state index in [0.717, 1.165) is 29.9 Å². The summed E-state index contributed by atoms with van der Waals surface area (Å²) in [7, 11) is -3.42. The Hall–Kier alpha value is -2.71. The van der Waals surface area contributed by atoms with Gasteiger partial charge >= 0.3 is 0 Å². The van der Waals surface area contributed by atoms with Crippen molar-refractivity contribution in [2.24, 2.45) is 0 Å². The molecule has 0 aliphatic heterocycles. The Labute approximate surface area is 163 Å². The number of anilines is 1. The number of nitrogens with zero attached hydrogens (tertiary/aromatic N) is 2. The van der Waals surface area contributed by atoms with Crippen molar-refractivity contribution in [1.29, 1.82) is 0 Å². The van der Waals surface area contributed by atoms with Crippen LogP contribution in [-0.2, 0) is 9.84 Å². The van der Waals surface area contributed by atoms with Gasteiger partial charge in [0.1, 0.15) is 11.4 Å². The van der Waals surface area contributed by atoms with Crippen LogP contribution in [0.4, 0.5) is 5.82 Å². The highest BCUT2D eigenvalue weighted by atomic mass is 32.2. The Morgan fingerprint density at radius 2 is 1.82 bits per heavy atom. The Kier molecular flexibility index (Phi) is 4.68. The number of sulfone groups is 1. The summed E-state index contributed by atoms with van der Waals surface area (Å²) in [6.07, 6.45) is 3.11. The highest BCUT2D eigenvalue weighted by molar-refractivity contribution is 7.90. The van der Waals surface area contributed by atoms with E-state index in [1.54, 1.807) is 6.07 Å². The molecule has 0 spiro atoms. The molecule has 1 aromatic heterocycles. The zero-order chi connectivity index (χ0) is 19.9. The second-order valence-corrected chi connectivity index (χ2v) is 9.22. The van der Waals surface area contributed by atoms with Gasteiger partial charge in [0.05, 0.1) is 11.0 Å². The van der Waals surface area contributed by atoms with Gasteiger partial charge in [0.25, 0.3) is 0 Å². The number of phenolic OH excluding ortho intramolecular Hbond substituents is 1. The van der Waals surface area contributed by atoms with Gasteiger partial charge in [-0.05, 0) is 37.5 Å². The van der Waals surface area contributed by atoms with Crippen molar-refractivity contribution in [3.63, 3.8) is 0 Å². The summed E-state index contributed by atoms with van der Waals surface area (Å²) >= 11 is 0. The first kappa shape index (κ1) is 18.6. The average Bonchev–Trinajstić information content (AvgIpc) is 3.06. The maximum atomic E-state index is 11.7. The van der Waals surface area contributed by atoms with Crippen LogP contribution in [0.15, 0.2) is 47.4 Å². The Bertz CT molecular complexity index is 1150. The summed E-state index contributed by atoms with van der Waals surface area (Å²) in [5.74, 6) is 0.465. The number of hydrogen-bond donors (Lipinski definition) is 3. The van der Waals surface area contributed by atoms with Crippen LogP contribution in [0.25, 0.3) is 22.0 Å². The van der Waals surface area contributed by atoms with E-state index in [1.165, 1.54) is 12.1 Å². The number of hydrogen-bond acceptors (Lipinski definition) is 7. The average molecular weight is 399 g/mol. The van der Waals surface area contributed by atoms with Crippen molar-refractivity contribution >= 4 is 26.4 Å². The highest BCUT2D eigenvalue weighted by Crippen LogP contribution is 2.36. The third kappa shape index (κ3) is 3.53. The first-order valence-electron chi connectivity index (χ1n) is 9.06. The van der Waals surface area contributed by atoms with Crippen LogP contribution < -0.4 is 5.32 Å². The lowest BCUT2D eigenvalue weighted by Crippen LogP contribution is -2.18. The number of aliphatic hydroxyl groups is 1. The molecule has 1 aliphatic carbocycles. The van der Waals surface area contributed by atoms with Crippen LogP contribution in [0.2, 0.25) is 0 Å². The number of aromatic hydroxyl groups is 1. The van der Waals surface area contributed by atoms with Gasteiger partial charge in [0, 0.05) is 28.6 Å². The molecule has 0 bridgehead atoms. The molecule has 1 fully saturated rings. The summed E-state index contributed by atoms with van der Waals surface area (Å²) in [5, 5.41) is 33.8. The second kappa shape index (κ2) is 7.03. The minimum Gasteiger partial charge on any atom is -0.507 e. The fourth-order valence-corrected chi connectivity index (χ4v) is 4.27. The molecule has 2 atom stereocenters. The molecule has 1 saturated carbocycles. The molecule has 1 aliphatic rings. The van der Waals surface area contributed by atoms with Crippen molar-refractivity contribution in [2.45, 2.75) is 36.3 Å². The molecule has 28 heavy (non-hydrogen) atoms. The van der Waals surface area contributed by atoms with Crippen LogP contribution in [0, 0.1) is 0 Å². The number of benzene rings is 2. The molecule has 7 nitrogen and oxygen atoms in total. The van der Waals surface area contributed by atoms with E-state index >= 15 is 0 Å². The first-order chi connectivity index (χ1) is 13.3. The molecule has 8 heteroatoms. The van der Waals surface area contributed by atoms with E-state index < -0.39 is 9.84 Å². The van der Waals surface area contributed by atoms with Crippen LogP contribution >= 0.6 is 0 Å². The predicted molar refractivity (Wildman–Crippen MR) is 107 cm³/mol. The summed E-state index contributed by atoms with van der Waals surface area (Å²) in [4.78, 5) is 0.0455. The topological polar surface area (TPSA) is 112 Å². The third-order valence-corrected chi connectivity index (χ3v) is 6.20. The molecular weight excluding hydrogens is 378 g/mol. The molecule has 146 valence electrons. The van der Waals surface area contributed by atoms with Crippen molar-refractivity contribution < 1.29 is 18.6 Å². The molecule has 0 unspecified atom stereocenters. The molecule has 2 aromatic carbocycles. The van der Waals surface area contributed by atoms with Crippen LogP contribution in [0.1, 0.15) is 19.3 Å². The minimum atomic E-state index is -3.42. The van der Waals surface area contributed by atoms with E-state index in [9.17, 15) is 18.6 Å². The van der Waals surface area contributed by atoms with Gasteiger partial charge in [0.15, 0.2) is 15.7 Å². The third-order valence-electron chi connectivity index (χ3n) is 5.09. The van der Waals surface area contributed by atoms with Gasteiger partial charge in [-0.15, -0.1) is 10.2 Å². The number of nitrogens with one attached hydrogen (secondary N) is 1. The number of rotatable bonds is 4. The predicted octanol–water partition coefficient (Wildman–Crippen LogP) is 2.73. The largest absolute Gasteiger partial charge is 0.507 e. The Balaban J connectivity index is 1.78. The van der Waals surface area contributed by atoms with Gasteiger partial charge in [-0.1, -0.05) is 24.3 Å². The number of phenols is 1. The van der Waals surface area contributed by atoms with Crippen LogP contribution in [0.3, 0.4) is 0 Å². The smallest absolute Gasteiger partial charge is 0.175 e. The van der Waals surface area contributed by atoms with Gasteiger partial charge < -0.3 is 15.5 Å². The maximum Gasteiger partial charge on any atom is 0.175 e. The summed E-state index contributed by atoms with van der Waals surface area (Å²) in [5.41, 5.74) is 0.893. The van der Waals surface area contributed by atoms with E-state index in [2.05, 4.69) is 15.5 Å². The summed E-state index contributed by atoms with van der Waals surface area (Å²) in [6, 6.07) is 11.9. The van der Waals surface area contributed by atoms with Gasteiger partial charge in [0.2, 0.25) is 0 Å². The normalized spacial score (nSPS) is 19.8. The molecule has 3 aromatic rings. The standard InChI is InChI=1S/C20H21N3O4S/c1-28(26,27)14-8-9-17(18(25)11-14)19-15-4-2-3-5-16(15)20(23-22-19)21-12-6-7-13(24)10-12/h2-5,8-9,11-13,24-25H,6-7,10H2,1H3,(H,21,23)/t12-,13+/m1/s1. The lowest BCUT2D eigenvalue weighted by Gasteiger charge is -2.16. The van der Waals surface area contributed by atoms with Crippen molar-refractivity contribution in [1.82, 2.24) is 10.2 Å². The zero-order valence-electron chi connectivity index (χ0n) is 15.3. The van der Waals surface area contributed by atoms with E-state index in [1.807, 2.05) is 24.3 Å². The Morgan fingerprint density at radius 3 is 2.46 bits per heavy atom.